The van der Waals surface area contributed by atoms with Gasteiger partial charge in [0, 0.05) is 6.42 Å². The zero-order chi connectivity index (χ0) is 49.1. The van der Waals surface area contributed by atoms with E-state index in [9.17, 15) is 29.1 Å². The van der Waals surface area contributed by atoms with Gasteiger partial charge in [-0.05, 0) is 229 Å². The molecule has 0 amide bonds. The number of esters is 5. The highest BCUT2D eigenvalue weighted by molar-refractivity contribution is 5.81. The van der Waals surface area contributed by atoms with Gasteiger partial charge in [-0.25, -0.2) is 9.59 Å². The van der Waals surface area contributed by atoms with Gasteiger partial charge in [-0.3, -0.25) is 14.4 Å². The molecule has 2 atom stereocenters. The number of carbonyl (C=O) groups is 5. The molecule has 12 aliphatic rings. The van der Waals surface area contributed by atoms with Gasteiger partial charge in [0.05, 0.1) is 21.8 Å². The molecule has 2 unspecified atom stereocenters. The zero-order valence-electron chi connectivity index (χ0n) is 43.7. The standard InChI is InChI=1S/C21H32O6.C19H32O2.C16H26O3/c1-5-20(2,3)19(24)26-11-17(22)25-12-18(23)27-21(4)15-7-13-6-14(9-15)10-16(21)8-13;1-6-18(4,5)17(20)21-19(12(2)3)15-8-13-7-14(10-15)11-16(19)9-13;1-4-14(2,3)13(17)19-16-8-11-5-12(9-16)7-15(18,6-11)10-16/h13-16H,5-12H2,1-4H3;12-16H,6-11H2,1-5H3;11-12,18H,4-10H2,1-3H3. The summed E-state index contributed by atoms with van der Waals surface area (Å²) in [6, 6.07) is 0. The molecule has 12 fully saturated rings. The van der Waals surface area contributed by atoms with Crippen molar-refractivity contribution in [3.63, 3.8) is 0 Å². The average molecular weight is 939 g/mol. The summed E-state index contributed by atoms with van der Waals surface area (Å²) < 4.78 is 28.1. The van der Waals surface area contributed by atoms with Crippen molar-refractivity contribution in [3.05, 3.63) is 0 Å². The first kappa shape index (κ1) is 52.1. The van der Waals surface area contributed by atoms with Crippen LogP contribution in [0.25, 0.3) is 0 Å². The van der Waals surface area contributed by atoms with Gasteiger partial charge in [0.25, 0.3) is 0 Å². The van der Waals surface area contributed by atoms with E-state index >= 15 is 0 Å². The largest absolute Gasteiger partial charge is 0.459 e. The summed E-state index contributed by atoms with van der Waals surface area (Å²) in [5.41, 5.74) is -2.93. The molecule has 11 nitrogen and oxygen atoms in total. The molecule has 12 rings (SSSR count). The number of aliphatic hydroxyl groups is 1. The van der Waals surface area contributed by atoms with Gasteiger partial charge in [0.1, 0.15) is 16.8 Å². The molecule has 11 heteroatoms. The van der Waals surface area contributed by atoms with Crippen molar-refractivity contribution >= 4 is 29.8 Å². The quantitative estimate of drug-likeness (QED) is 0.131. The second-order valence-electron chi connectivity index (χ2n) is 26.4. The number of hydrogen-bond acceptors (Lipinski definition) is 11. The predicted molar refractivity (Wildman–Crippen MR) is 255 cm³/mol. The Morgan fingerprint density at radius 2 is 0.896 bits per heavy atom. The van der Waals surface area contributed by atoms with E-state index in [1.807, 2.05) is 41.5 Å². The number of ether oxygens (including phenoxy) is 5. The molecule has 0 aromatic carbocycles. The van der Waals surface area contributed by atoms with Gasteiger partial charge in [0.15, 0.2) is 13.2 Å². The van der Waals surface area contributed by atoms with E-state index in [0.717, 1.165) is 87.9 Å². The maximum absolute atomic E-state index is 12.8. The van der Waals surface area contributed by atoms with Crippen LogP contribution in [0.1, 0.15) is 205 Å². The third-order valence-electron chi connectivity index (χ3n) is 19.9. The molecule has 12 bridgehead atoms. The SMILES string of the molecule is CCC(C)(C)C(=O)OC1(C(C)C)C2CC3CC(C2)CC1C3.CCC(C)(C)C(=O)OC12CC3CC(CC(O)(C3)C1)C2.CCC(C)(C)C(=O)OCC(=O)OCC(=O)OC1(C)C2CC3CC(C2)CC1C3. The predicted octanol–water partition coefficient (Wildman–Crippen LogP) is 11.1. The molecule has 12 aliphatic carbocycles. The van der Waals surface area contributed by atoms with Crippen molar-refractivity contribution in [2.24, 2.45) is 81.3 Å². The minimum atomic E-state index is -0.734. The van der Waals surface area contributed by atoms with Crippen molar-refractivity contribution in [1.82, 2.24) is 0 Å². The summed E-state index contributed by atoms with van der Waals surface area (Å²) in [5.74, 6) is 5.29. The Morgan fingerprint density at radius 3 is 1.31 bits per heavy atom. The van der Waals surface area contributed by atoms with Gasteiger partial charge in [-0.1, -0.05) is 34.6 Å². The first-order valence-electron chi connectivity index (χ1n) is 26.9. The number of carbonyl (C=O) groups excluding carboxylic acids is 5. The molecule has 67 heavy (non-hydrogen) atoms. The molecular weight excluding hydrogens is 849 g/mol. The minimum Gasteiger partial charge on any atom is -0.459 e. The summed E-state index contributed by atoms with van der Waals surface area (Å²) in [4.78, 5) is 61.1. The van der Waals surface area contributed by atoms with E-state index < -0.39 is 53.2 Å². The summed E-state index contributed by atoms with van der Waals surface area (Å²) >= 11 is 0. The lowest BCUT2D eigenvalue weighted by atomic mass is 9.47. The van der Waals surface area contributed by atoms with E-state index in [4.69, 9.17) is 23.7 Å². The van der Waals surface area contributed by atoms with Crippen LogP contribution >= 0.6 is 0 Å². The maximum Gasteiger partial charge on any atom is 0.344 e. The van der Waals surface area contributed by atoms with Crippen LogP contribution in [0, 0.1) is 81.3 Å². The molecular formula is C56H90O11. The Bertz CT molecular complexity index is 1770. The van der Waals surface area contributed by atoms with Crippen LogP contribution in [0.2, 0.25) is 0 Å². The monoisotopic (exact) mass is 939 g/mol. The fraction of sp³-hybridized carbons (Fsp3) is 0.911. The van der Waals surface area contributed by atoms with Gasteiger partial charge >= 0.3 is 29.8 Å². The highest BCUT2D eigenvalue weighted by Crippen LogP contribution is 2.63. The molecule has 0 heterocycles. The summed E-state index contributed by atoms with van der Waals surface area (Å²) in [7, 11) is 0. The molecule has 380 valence electrons. The van der Waals surface area contributed by atoms with Crippen LogP contribution in [0.5, 0.6) is 0 Å². The van der Waals surface area contributed by atoms with E-state index in [-0.39, 0.29) is 28.6 Å². The molecule has 0 saturated heterocycles. The molecule has 0 radical (unpaired) electrons. The van der Waals surface area contributed by atoms with Gasteiger partial charge < -0.3 is 28.8 Å². The fourth-order valence-corrected chi connectivity index (χ4v) is 15.5. The fourth-order valence-electron chi connectivity index (χ4n) is 15.5. The molecule has 0 aromatic rings. The lowest BCUT2D eigenvalue weighted by molar-refractivity contribution is -0.231. The van der Waals surface area contributed by atoms with E-state index in [0.29, 0.717) is 54.3 Å². The minimum absolute atomic E-state index is 0.0335. The Balaban J connectivity index is 0.000000152. The van der Waals surface area contributed by atoms with Crippen LogP contribution in [0.3, 0.4) is 0 Å². The molecule has 12 saturated carbocycles. The van der Waals surface area contributed by atoms with Crippen LogP contribution in [0.15, 0.2) is 0 Å². The van der Waals surface area contributed by atoms with E-state index in [1.165, 1.54) is 44.9 Å². The Hall–Kier alpha value is -2.69. The van der Waals surface area contributed by atoms with Crippen LogP contribution in [-0.4, -0.2) is 70.6 Å². The second kappa shape index (κ2) is 19.1. The van der Waals surface area contributed by atoms with Crippen molar-refractivity contribution < 1.29 is 52.8 Å². The summed E-state index contributed by atoms with van der Waals surface area (Å²) in [5, 5.41) is 10.6. The summed E-state index contributed by atoms with van der Waals surface area (Å²) in [6.07, 6.45) is 20.4. The van der Waals surface area contributed by atoms with E-state index in [1.54, 1.807) is 13.8 Å². The van der Waals surface area contributed by atoms with E-state index in [2.05, 4.69) is 27.7 Å². The summed E-state index contributed by atoms with van der Waals surface area (Å²) in [6.45, 7) is 23.1. The third-order valence-corrected chi connectivity index (χ3v) is 19.9. The van der Waals surface area contributed by atoms with Crippen LogP contribution < -0.4 is 0 Å². The van der Waals surface area contributed by atoms with Crippen molar-refractivity contribution in [2.75, 3.05) is 13.2 Å². The molecule has 0 aromatic heterocycles. The highest BCUT2D eigenvalue weighted by Gasteiger charge is 2.62. The second-order valence-corrected chi connectivity index (χ2v) is 26.4. The molecule has 0 spiro atoms. The maximum atomic E-state index is 12.8. The molecule has 0 aliphatic heterocycles. The van der Waals surface area contributed by atoms with Crippen molar-refractivity contribution in [1.29, 1.82) is 0 Å². The highest BCUT2D eigenvalue weighted by atomic mass is 16.6. The first-order chi connectivity index (χ1) is 31.2. The Kier molecular flexibility index (Phi) is 14.9. The smallest absolute Gasteiger partial charge is 0.344 e. The normalized spacial score (nSPS) is 39.4. The van der Waals surface area contributed by atoms with Gasteiger partial charge in [-0.2, -0.15) is 0 Å². The topological polar surface area (TPSA) is 152 Å². The van der Waals surface area contributed by atoms with Gasteiger partial charge in [-0.15, -0.1) is 0 Å². The van der Waals surface area contributed by atoms with Crippen LogP contribution in [-0.2, 0) is 47.7 Å². The Morgan fingerprint density at radius 1 is 0.507 bits per heavy atom. The zero-order valence-corrected chi connectivity index (χ0v) is 43.7. The third kappa shape index (κ3) is 10.7. The lowest BCUT2D eigenvalue weighted by Gasteiger charge is -2.62. The average Bonchev–Trinajstić information content (AvgIpc) is 3.24. The Labute approximate surface area is 403 Å². The number of rotatable bonds is 14. The number of hydrogen-bond donors (Lipinski definition) is 1. The van der Waals surface area contributed by atoms with Crippen LogP contribution in [0.4, 0.5) is 0 Å². The first-order valence-corrected chi connectivity index (χ1v) is 26.9. The van der Waals surface area contributed by atoms with Crippen molar-refractivity contribution in [2.45, 2.75) is 227 Å². The molecule has 1 N–H and O–H groups in total. The van der Waals surface area contributed by atoms with Crippen molar-refractivity contribution in [3.8, 4) is 0 Å². The van der Waals surface area contributed by atoms with Gasteiger partial charge in [0.2, 0.25) is 0 Å². The lowest BCUT2D eigenvalue weighted by Crippen LogP contribution is -2.63.